The number of hydrogen-bond acceptors (Lipinski definition) is 3. The van der Waals surface area contributed by atoms with E-state index < -0.39 is 0 Å². The first-order valence-corrected chi connectivity index (χ1v) is 10.1. The van der Waals surface area contributed by atoms with E-state index in [1.165, 1.54) is 49.8 Å². The molecule has 1 saturated heterocycles. The molecular weight excluding hydrogens is 312 g/mol. The van der Waals surface area contributed by atoms with Gasteiger partial charge in [0, 0.05) is 38.1 Å². The van der Waals surface area contributed by atoms with Gasteiger partial charge in [-0.3, -0.25) is 0 Å². The maximum Gasteiger partial charge on any atom is 0.344 e. The molecule has 4 aliphatic carbocycles. The van der Waals surface area contributed by atoms with Crippen LogP contribution < -0.4 is 0 Å². The van der Waals surface area contributed by atoms with Gasteiger partial charge >= 0.3 is 6.03 Å². The minimum Gasteiger partial charge on any atom is -0.321 e. The number of nitrogens with zero attached hydrogens (tertiary/aromatic N) is 4. The highest BCUT2D eigenvalue weighted by atomic mass is 16.2. The van der Waals surface area contributed by atoms with Crippen LogP contribution >= 0.6 is 0 Å². The molecule has 5 nitrogen and oxygen atoms in total. The van der Waals surface area contributed by atoms with Crippen LogP contribution in [0.3, 0.4) is 0 Å². The molecule has 1 aromatic rings. The molecule has 1 aliphatic heterocycles. The molecule has 5 heteroatoms. The average molecular weight is 342 g/mol. The molecule has 25 heavy (non-hydrogen) atoms. The summed E-state index contributed by atoms with van der Waals surface area (Å²) < 4.78 is 1.46. The van der Waals surface area contributed by atoms with Crippen molar-refractivity contribution >= 4 is 6.03 Å². The van der Waals surface area contributed by atoms with Crippen molar-refractivity contribution in [2.75, 3.05) is 26.7 Å². The fourth-order valence-corrected chi connectivity index (χ4v) is 6.94. The van der Waals surface area contributed by atoms with Crippen molar-refractivity contribution in [3.05, 3.63) is 18.5 Å². The summed E-state index contributed by atoms with van der Waals surface area (Å²) in [5.41, 5.74) is 0.586. The fraction of sp³-hybridized carbons (Fsp3) is 0.800. The van der Waals surface area contributed by atoms with Crippen molar-refractivity contribution in [3.63, 3.8) is 0 Å². The standard InChI is InChI=1S/C20H30N4O/c1-22(14-20-10-15-7-16(11-20)9-17(8-15)12-20)18-3-6-23(13-18)19(25)24-5-2-4-21-24/h2,4-5,15-18H,3,6-14H2,1H3/t15?,16?,17?,18-,20?/m1/s1. The van der Waals surface area contributed by atoms with E-state index in [2.05, 4.69) is 17.0 Å². The van der Waals surface area contributed by atoms with Crippen molar-refractivity contribution in [2.24, 2.45) is 23.2 Å². The molecule has 0 radical (unpaired) electrons. The first-order chi connectivity index (χ1) is 12.1. The topological polar surface area (TPSA) is 41.4 Å². The Morgan fingerprint density at radius 2 is 1.88 bits per heavy atom. The van der Waals surface area contributed by atoms with Crippen molar-refractivity contribution in [1.29, 1.82) is 0 Å². The lowest BCUT2D eigenvalue weighted by Crippen LogP contribution is -2.52. The van der Waals surface area contributed by atoms with Crippen LogP contribution in [0.5, 0.6) is 0 Å². The van der Waals surface area contributed by atoms with E-state index in [9.17, 15) is 4.79 Å². The molecular formula is C20H30N4O. The zero-order valence-corrected chi connectivity index (χ0v) is 15.3. The quantitative estimate of drug-likeness (QED) is 0.848. The van der Waals surface area contributed by atoms with Crippen LogP contribution in [0.1, 0.15) is 44.9 Å². The first kappa shape index (κ1) is 15.9. The number of carbonyl (C=O) groups excluding carboxylic acids is 1. The summed E-state index contributed by atoms with van der Waals surface area (Å²) in [5.74, 6) is 3.04. The zero-order valence-electron chi connectivity index (χ0n) is 15.3. The van der Waals surface area contributed by atoms with Gasteiger partial charge in [-0.1, -0.05) is 0 Å². The van der Waals surface area contributed by atoms with Gasteiger partial charge in [0.25, 0.3) is 0 Å². The number of rotatable bonds is 3. The summed E-state index contributed by atoms with van der Waals surface area (Å²) in [4.78, 5) is 17.0. The smallest absolute Gasteiger partial charge is 0.321 e. The molecule has 0 N–H and O–H groups in total. The maximum atomic E-state index is 12.5. The highest BCUT2D eigenvalue weighted by molar-refractivity contribution is 5.76. The van der Waals surface area contributed by atoms with Gasteiger partial charge in [0.05, 0.1) is 0 Å². The lowest BCUT2D eigenvalue weighted by atomic mass is 9.49. The number of likely N-dealkylation sites (tertiary alicyclic amines) is 1. The van der Waals surface area contributed by atoms with Gasteiger partial charge in [-0.15, -0.1) is 0 Å². The molecule has 0 unspecified atom stereocenters. The van der Waals surface area contributed by atoms with Gasteiger partial charge < -0.3 is 9.80 Å². The first-order valence-electron chi connectivity index (χ1n) is 10.1. The second kappa shape index (κ2) is 5.83. The van der Waals surface area contributed by atoms with Crippen LogP contribution in [0.2, 0.25) is 0 Å². The Morgan fingerprint density at radius 3 is 2.48 bits per heavy atom. The van der Waals surface area contributed by atoms with E-state index in [-0.39, 0.29) is 6.03 Å². The van der Waals surface area contributed by atoms with Crippen molar-refractivity contribution in [1.82, 2.24) is 19.6 Å². The number of carbonyl (C=O) groups is 1. The van der Waals surface area contributed by atoms with E-state index in [1.807, 2.05) is 11.0 Å². The van der Waals surface area contributed by atoms with Gasteiger partial charge in [-0.25, -0.2) is 4.79 Å². The van der Waals surface area contributed by atoms with E-state index in [0.29, 0.717) is 11.5 Å². The lowest BCUT2D eigenvalue weighted by molar-refractivity contribution is -0.0701. The SMILES string of the molecule is CN(CC12CC3CC(CC(C3)C1)C2)[C@@H]1CCN(C(=O)n2cccn2)C1. The van der Waals surface area contributed by atoms with Crippen LogP contribution in [0, 0.1) is 23.2 Å². The molecule has 0 spiro atoms. The Kier molecular flexibility index (Phi) is 3.70. The van der Waals surface area contributed by atoms with Crippen LogP contribution in [0.25, 0.3) is 0 Å². The van der Waals surface area contributed by atoms with E-state index >= 15 is 0 Å². The average Bonchev–Trinajstić information content (AvgIpc) is 3.25. The Morgan fingerprint density at radius 1 is 1.20 bits per heavy atom. The van der Waals surface area contributed by atoms with Crippen LogP contribution in [-0.4, -0.2) is 58.3 Å². The molecule has 1 amide bonds. The van der Waals surface area contributed by atoms with Crippen molar-refractivity contribution in [3.8, 4) is 0 Å². The highest BCUT2D eigenvalue weighted by Gasteiger charge is 2.51. The summed E-state index contributed by atoms with van der Waals surface area (Å²) in [5, 5.41) is 4.09. The summed E-state index contributed by atoms with van der Waals surface area (Å²) in [7, 11) is 2.30. The molecule has 5 aliphatic rings. The molecule has 4 saturated carbocycles. The molecule has 1 atom stereocenters. The maximum absolute atomic E-state index is 12.5. The van der Waals surface area contributed by atoms with Gasteiger partial charge in [-0.05, 0) is 81.2 Å². The summed E-state index contributed by atoms with van der Waals surface area (Å²) >= 11 is 0. The van der Waals surface area contributed by atoms with E-state index in [1.54, 1.807) is 12.4 Å². The molecule has 4 bridgehead atoms. The van der Waals surface area contributed by atoms with Crippen LogP contribution in [0.4, 0.5) is 4.79 Å². The third-order valence-corrected chi connectivity index (χ3v) is 7.51. The number of amides is 1. The van der Waals surface area contributed by atoms with E-state index in [4.69, 9.17) is 0 Å². The highest BCUT2D eigenvalue weighted by Crippen LogP contribution is 2.60. The molecule has 5 fully saturated rings. The van der Waals surface area contributed by atoms with Gasteiger partial charge in [0.1, 0.15) is 0 Å². The van der Waals surface area contributed by atoms with Crippen molar-refractivity contribution < 1.29 is 4.79 Å². The summed E-state index contributed by atoms with van der Waals surface area (Å²) in [6, 6.07) is 2.34. The molecule has 6 rings (SSSR count). The Hall–Kier alpha value is -1.36. The van der Waals surface area contributed by atoms with Gasteiger partial charge in [0.2, 0.25) is 0 Å². The number of aromatic nitrogens is 2. The summed E-state index contributed by atoms with van der Waals surface area (Å²) in [6.45, 7) is 2.95. The second-order valence-electron chi connectivity index (χ2n) is 9.45. The Labute approximate surface area is 150 Å². The number of hydrogen-bond donors (Lipinski definition) is 0. The largest absolute Gasteiger partial charge is 0.344 e. The zero-order chi connectivity index (χ0) is 17.0. The predicted octanol–water partition coefficient (Wildman–Crippen LogP) is 3.07. The van der Waals surface area contributed by atoms with Crippen molar-refractivity contribution in [2.45, 2.75) is 51.0 Å². The minimum absolute atomic E-state index is 0.0238. The normalized spacial score (nSPS) is 39.5. The molecule has 136 valence electrons. The van der Waals surface area contributed by atoms with Crippen LogP contribution in [-0.2, 0) is 0 Å². The second-order valence-corrected chi connectivity index (χ2v) is 9.45. The molecule has 2 heterocycles. The van der Waals surface area contributed by atoms with Gasteiger partial charge in [0.15, 0.2) is 0 Å². The Bertz CT molecular complexity index is 605. The predicted molar refractivity (Wildman–Crippen MR) is 96.2 cm³/mol. The fourth-order valence-electron chi connectivity index (χ4n) is 6.94. The molecule has 1 aromatic heterocycles. The molecule has 0 aromatic carbocycles. The Balaban J connectivity index is 1.22. The third kappa shape index (κ3) is 2.80. The minimum atomic E-state index is 0.0238. The van der Waals surface area contributed by atoms with Crippen LogP contribution in [0.15, 0.2) is 18.5 Å². The monoisotopic (exact) mass is 342 g/mol. The van der Waals surface area contributed by atoms with E-state index in [0.717, 1.165) is 37.3 Å². The summed E-state index contributed by atoms with van der Waals surface area (Å²) in [6.07, 6.45) is 13.4. The number of likely N-dealkylation sites (N-methyl/N-ethyl adjacent to an activating group) is 1. The lowest BCUT2D eigenvalue weighted by Gasteiger charge is -2.58. The third-order valence-electron chi connectivity index (χ3n) is 7.51. The van der Waals surface area contributed by atoms with Gasteiger partial charge in [-0.2, -0.15) is 9.78 Å².